The van der Waals surface area contributed by atoms with Gasteiger partial charge in [0.15, 0.2) is 11.6 Å². The van der Waals surface area contributed by atoms with E-state index in [9.17, 15) is 9.50 Å². The summed E-state index contributed by atoms with van der Waals surface area (Å²) in [5.74, 6) is 0.182. The predicted octanol–water partition coefficient (Wildman–Crippen LogP) is 2.51. The summed E-state index contributed by atoms with van der Waals surface area (Å²) in [5, 5.41) is 10.3. The Bertz CT molecular complexity index is 589. The summed E-state index contributed by atoms with van der Waals surface area (Å²) >= 11 is 0. The Morgan fingerprint density at radius 1 is 1.20 bits per heavy atom. The number of rotatable bonds is 5. The zero-order valence-corrected chi connectivity index (χ0v) is 11.3. The fourth-order valence-electron chi connectivity index (χ4n) is 2.03. The third-order valence-electron chi connectivity index (χ3n) is 3.07. The van der Waals surface area contributed by atoms with E-state index in [-0.39, 0.29) is 12.2 Å². The molecule has 1 aromatic carbocycles. The topological polar surface area (TPSA) is 51.6 Å². The van der Waals surface area contributed by atoms with E-state index >= 15 is 0 Å². The molecule has 0 radical (unpaired) electrons. The van der Waals surface area contributed by atoms with Crippen LogP contribution in [0.3, 0.4) is 0 Å². The van der Waals surface area contributed by atoms with Gasteiger partial charge in [-0.1, -0.05) is 12.1 Å². The van der Waals surface area contributed by atoms with Crippen LogP contribution in [0.15, 0.2) is 36.7 Å². The van der Waals surface area contributed by atoms with Gasteiger partial charge in [-0.3, -0.25) is 4.98 Å². The first-order valence-corrected chi connectivity index (χ1v) is 6.14. The molecule has 0 spiro atoms. The van der Waals surface area contributed by atoms with Gasteiger partial charge in [0.25, 0.3) is 0 Å². The second kappa shape index (κ2) is 6.34. The molecular formula is C15H16FNO3. The smallest absolute Gasteiger partial charge is 0.168 e. The number of halogens is 1. The van der Waals surface area contributed by atoms with Crippen molar-refractivity contribution in [2.75, 3.05) is 14.2 Å². The van der Waals surface area contributed by atoms with Crippen LogP contribution in [0.2, 0.25) is 0 Å². The molecular weight excluding hydrogens is 261 g/mol. The first-order chi connectivity index (χ1) is 9.67. The second-order valence-electron chi connectivity index (χ2n) is 4.27. The van der Waals surface area contributed by atoms with Crippen LogP contribution in [0.25, 0.3) is 0 Å². The lowest BCUT2D eigenvalue weighted by atomic mass is 10.0. The summed E-state index contributed by atoms with van der Waals surface area (Å²) in [6.45, 7) is 0. The van der Waals surface area contributed by atoms with Gasteiger partial charge in [-0.15, -0.1) is 0 Å². The van der Waals surface area contributed by atoms with E-state index in [0.29, 0.717) is 16.9 Å². The highest BCUT2D eigenvalue weighted by Crippen LogP contribution is 2.29. The van der Waals surface area contributed by atoms with Crippen molar-refractivity contribution in [1.82, 2.24) is 4.98 Å². The highest BCUT2D eigenvalue weighted by atomic mass is 19.1. The van der Waals surface area contributed by atoms with Crippen molar-refractivity contribution in [2.24, 2.45) is 0 Å². The van der Waals surface area contributed by atoms with Crippen molar-refractivity contribution in [3.8, 4) is 11.5 Å². The van der Waals surface area contributed by atoms with Crippen LogP contribution in [0.5, 0.6) is 11.5 Å². The zero-order valence-electron chi connectivity index (χ0n) is 11.3. The number of benzene rings is 1. The third-order valence-corrected chi connectivity index (χ3v) is 3.07. The highest BCUT2D eigenvalue weighted by Gasteiger charge is 2.17. The van der Waals surface area contributed by atoms with Gasteiger partial charge in [0.1, 0.15) is 5.75 Å². The van der Waals surface area contributed by atoms with Gasteiger partial charge < -0.3 is 14.6 Å². The van der Waals surface area contributed by atoms with Gasteiger partial charge in [-0.25, -0.2) is 4.39 Å². The SMILES string of the molecule is COc1cnccc1C(O)Cc1cccc(OC)c1F. The molecule has 0 aliphatic rings. The maximum Gasteiger partial charge on any atom is 0.168 e. The van der Waals surface area contributed by atoms with Gasteiger partial charge in [0.2, 0.25) is 0 Å². The number of hydrogen-bond acceptors (Lipinski definition) is 4. The second-order valence-corrected chi connectivity index (χ2v) is 4.27. The Morgan fingerprint density at radius 3 is 2.65 bits per heavy atom. The molecule has 1 aromatic heterocycles. The minimum atomic E-state index is -0.880. The Labute approximate surface area is 116 Å². The van der Waals surface area contributed by atoms with E-state index in [0.717, 1.165) is 0 Å². The Kier molecular flexibility index (Phi) is 4.53. The summed E-state index contributed by atoms with van der Waals surface area (Å²) in [5.41, 5.74) is 0.959. The van der Waals surface area contributed by atoms with Gasteiger partial charge in [0, 0.05) is 18.2 Å². The Hall–Kier alpha value is -2.14. The molecule has 0 bridgehead atoms. The van der Waals surface area contributed by atoms with Crippen molar-refractivity contribution < 1.29 is 19.0 Å². The van der Waals surface area contributed by atoms with Crippen molar-refractivity contribution in [2.45, 2.75) is 12.5 Å². The fourth-order valence-corrected chi connectivity index (χ4v) is 2.03. The van der Waals surface area contributed by atoms with Crippen LogP contribution in [-0.4, -0.2) is 24.3 Å². The minimum Gasteiger partial charge on any atom is -0.495 e. The number of pyridine rings is 1. The standard InChI is InChI=1S/C15H16FNO3/c1-19-13-5-3-4-10(15(13)16)8-12(18)11-6-7-17-9-14(11)20-2/h3-7,9,12,18H,8H2,1-2H3. The average Bonchev–Trinajstić information content (AvgIpc) is 2.49. The molecule has 106 valence electrons. The normalized spacial score (nSPS) is 12.0. The van der Waals surface area contributed by atoms with Crippen molar-refractivity contribution in [3.63, 3.8) is 0 Å². The fraction of sp³-hybridized carbons (Fsp3) is 0.267. The van der Waals surface area contributed by atoms with Crippen molar-refractivity contribution in [3.05, 3.63) is 53.6 Å². The van der Waals surface area contributed by atoms with Crippen LogP contribution in [-0.2, 0) is 6.42 Å². The maximum atomic E-state index is 14.1. The van der Waals surface area contributed by atoms with Crippen molar-refractivity contribution >= 4 is 0 Å². The molecule has 20 heavy (non-hydrogen) atoms. The van der Waals surface area contributed by atoms with E-state index < -0.39 is 11.9 Å². The monoisotopic (exact) mass is 277 g/mol. The van der Waals surface area contributed by atoms with E-state index in [2.05, 4.69) is 4.98 Å². The lowest BCUT2D eigenvalue weighted by Crippen LogP contribution is -2.06. The molecule has 0 saturated carbocycles. The van der Waals surface area contributed by atoms with Crippen LogP contribution in [0, 0.1) is 5.82 Å². The predicted molar refractivity (Wildman–Crippen MR) is 72.4 cm³/mol. The quantitative estimate of drug-likeness (QED) is 0.912. The lowest BCUT2D eigenvalue weighted by Gasteiger charge is -2.15. The number of ether oxygens (including phenoxy) is 2. The summed E-state index contributed by atoms with van der Waals surface area (Å²) in [6, 6.07) is 6.50. The zero-order chi connectivity index (χ0) is 14.5. The van der Waals surface area contributed by atoms with E-state index in [1.54, 1.807) is 24.4 Å². The molecule has 1 unspecified atom stereocenters. The van der Waals surface area contributed by atoms with E-state index in [1.807, 2.05) is 0 Å². The number of aliphatic hydroxyl groups excluding tert-OH is 1. The number of aromatic nitrogens is 1. The van der Waals surface area contributed by atoms with Crippen LogP contribution < -0.4 is 9.47 Å². The van der Waals surface area contributed by atoms with Crippen molar-refractivity contribution in [1.29, 1.82) is 0 Å². The van der Waals surface area contributed by atoms with E-state index in [1.165, 1.54) is 26.5 Å². The third kappa shape index (κ3) is 2.88. The molecule has 0 fully saturated rings. The van der Waals surface area contributed by atoms with Crippen LogP contribution in [0.1, 0.15) is 17.2 Å². The van der Waals surface area contributed by atoms with Gasteiger partial charge in [-0.05, 0) is 17.7 Å². The lowest BCUT2D eigenvalue weighted by molar-refractivity contribution is 0.172. The van der Waals surface area contributed by atoms with Crippen LogP contribution in [0.4, 0.5) is 4.39 Å². The molecule has 0 aliphatic heterocycles. The summed E-state index contributed by atoms with van der Waals surface area (Å²) < 4.78 is 24.1. The molecule has 4 nitrogen and oxygen atoms in total. The molecule has 2 aromatic rings. The first-order valence-electron chi connectivity index (χ1n) is 6.14. The number of aliphatic hydroxyl groups is 1. The van der Waals surface area contributed by atoms with Gasteiger partial charge in [0.05, 0.1) is 26.5 Å². The number of hydrogen-bond donors (Lipinski definition) is 1. The first kappa shape index (κ1) is 14.3. The molecule has 1 atom stereocenters. The molecule has 5 heteroatoms. The molecule has 0 saturated heterocycles. The molecule has 2 rings (SSSR count). The Balaban J connectivity index is 2.26. The highest BCUT2D eigenvalue weighted by molar-refractivity contribution is 5.35. The molecule has 0 aliphatic carbocycles. The minimum absolute atomic E-state index is 0.128. The van der Waals surface area contributed by atoms with Gasteiger partial charge in [-0.2, -0.15) is 0 Å². The maximum absolute atomic E-state index is 14.1. The largest absolute Gasteiger partial charge is 0.495 e. The average molecular weight is 277 g/mol. The molecule has 1 heterocycles. The van der Waals surface area contributed by atoms with E-state index in [4.69, 9.17) is 9.47 Å². The number of nitrogens with zero attached hydrogens (tertiary/aromatic N) is 1. The summed E-state index contributed by atoms with van der Waals surface area (Å²) in [4.78, 5) is 3.92. The van der Waals surface area contributed by atoms with Crippen LogP contribution >= 0.6 is 0 Å². The number of methoxy groups -OCH3 is 2. The summed E-state index contributed by atoms with van der Waals surface area (Å²) in [6.07, 6.45) is 2.32. The Morgan fingerprint density at radius 2 is 1.95 bits per heavy atom. The molecule has 0 amide bonds. The molecule has 1 N–H and O–H groups in total. The van der Waals surface area contributed by atoms with Gasteiger partial charge >= 0.3 is 0 Å². The summed E-state index contributed by atoms with van der Waals surface area (Å²) in [7, 11) is 2.91.